The number of aryl methyl sites for hydroxylation is 1. The van der Waals surface area contributed by atoms with Crippen LogP contribution in [0.3, 0.4) is 0 Å². The second kappa shape index (κ2) is 7.17. The predicted molar refractivity (Wildman–Crippen MR) is 80.6 cm³/mol. The normalized spacial score (nSPS) is 15.8. The third-order valence-corrected chi connectivity index (χ3v) is 3.74. The van der Waals surface area contributed by atoms with Crippen molar-refractivity contribution in [2.24, 2.45) is 11.7 Å². The Morgan fingerprint density at radius 2 is 2.10 bits per heavy atom. The Bertz CT molecular complexity index is 493. The van der Waals surface area contributed by atoms with E-state index in [-0.39, 0.29) is 17.7 Å². The minimum absolute atomic E-state index is 0.0164. The van der Waals surface area contributed by atoms with Gasteiger partial charge in [-0.3, -0.25) is 9.59 Å². The predicted octanol–water partition coefficient (Wildman–Crippen LogP) is 0.916. The largest absolute Gasteiger partial charge is 0.343 e. The van der Waals surface area contributed by atoms with Gasteiger partial charge in [0.1, 0.15) is 5.82 Å². The number of piperidine rings is 1. The molecule has 0 atom stereocenters. The maximum atomic E-state index is 12.2. The molecule has 0 saturated carbocycles. The zero-order valence-electron chi connectivity index (χ0n) is 12.3. The summed E-state index contributed by atoms with van der Waals surface area (Å²) in [6.07, 6.45) is 3.48. The van der Waals surface area contributed by atoms with Crippen LogP contribution >= 0.6 is 0 Å². The molecule has 0 radical (unpaired) electrons. The number of pyridine rings is 1. The number of carbonyl (C=O) groups is 2. The molecule has 6 heteroatoms. The first-order valence-electron chi connectivity index (χ1n) is 7.31. The summed E-state index contributed by atoms with van der Waals surface area (Å²) in [4.78, 5) is 29.9. The summed E-state index contributed by atoms with van der Waals surface area (Å²) in [5.41, 5.74) is 6.44. The number of nitrogens with one attached hydrogen (secondary N) is 1. The van der Waals surface area contributed by atoms with Crippen LogP contribution < -0.4 is 11.1 Å². The number of likely N-dealkylation sites (tertiary alicyclic amines) is 1. The first-order chi connectivity index (χ1) is 10.1. The van der Waals surface area contributed by atoms with Crippen molar-refractivity contribution < 1.29 is 9.59 Å². The molecule has 0 bridgehead atoms. The van der Waals surface area contributed by atoms with Gasteiger partial charge in [0.15, 0.2) is 0 Å². The molecule has 1 aromatic heterocycles. The first kappa shape index (κ1) is 15.4. The molecule has 1 aliphatic rings. The second-order valence-electron chi connectivity index (χ2n) is 5.40. The van der Waals surface area contributed by atoms with E-state index in [1.807, 2.05) is 13.0 Å². The highest BCUT2D eigenvalue weighted by Crippen LogP contribution is 2.19. The zero-order valence-corrected chi connectivity index (χ0v) is 12.3. The monoisotopic (exact) mass is 290 g/mol. The summed E-state index contributed by atoms with van der Waals surface area (Å²) in [6, 6.07) is 3.71. The van der Waals surface area contributed by atoms with E-state index < -0.39 is 0 Å². The molecule has 0 unspecified atom stereocenters. The van der Waals surface area contributed by atoms with Gasteiger partial charge in [-0.05, 0) is 31.4 Å². The van der Waals surface area contributed by atoms with Gasteiger partial charge < -0.3 is 16.0 Å². The van der Waals surface area contributed by atoms with Crippen molar-refractivity contribution in [3.05, 3.63) is 23.9 Å². The highest BCUT2D eigenvalue weighted by molar-refractivity contribution is 5.91. The lowest BCUT2D eigenvalue weighted by Crippen LogP contribution is -2.42. The molecule has 0 spiro atoms. The number of hydrogen-bond acceptors (Lipinski definition) is 4. The molecule has 1 aromatic rings. The lowest BCUT2D eigenvalue weighted by molar-refractivity contribution is -0.134. The number of aromatic nitrogens is 1. The van der Waals surface area contributed by atoms with E-state index in [0.29, 0.717) is 44.7 Å². The van der Waals surface area contributed by atoms with Crippen LogP contribution in [-0.2, 0) is 9.59 Å². The summed E-state index contributed by atoms with van der Waals surface area (Å²) >= 11 is 0. The number of nitrogens with zero attached hydrogens (tertiary/aromatic N) is 2. The van der Waals surface area contributed by atoms with Gasteiger partial charge in [-0.25, -0.2) is 4.98 Å². The van der Waals surface area contributed by atoms with Crippen LogP contribution in [0, 0.1) is 12.8 Å². The van der Waals surface area contributed by atoms with Gasteiger partial charge in [-0.1, -0.05) is 6.07 Å². The molecule has 2 heterocycles. The van der Waals surface area contributed by atoms with Gasteiger partial charge >= 0.3 is 0 Å². The van der Waals surface area contributed by atoms with Crippen LogP contribution in [0.1, 0.15) is 24.8 Å². The third kappa shape index (κ3) is 4.26. The number of amides is 2. The van der Waals surface area contributed by atoms with Crippen molar-refractivity contribution in [2.75, 3.05) is 25.0 Å². The van der Waals surface area contributed by atoms with Crippen molar-refractivity contribution in [3.8, 4) is 0 Å². The molecule has 0 aromatic carbocycles. The quantitative estimate of drug-likeness (QED) is 0.863. The zero-order chi connectivity index (χ0) is 15.2. The first-order valence-corrected chi connectivity index (χ1v) is 7.31. The van der Waals surface area contributed by atoms with Crippen LogP contribution in [0.4, 0.5) is 5.82 Å². The molecular weight excluding hydrogens is 268 g/mol. The number of nitrogens with two attached hydrogens (primary N) is 1. The average Bonchev–Trinajstić information content (AvgIpc) is 2.50. The van der Waals surface area contributed by atoms with Gasteiger partial charge in [-0.2, -0.15) is 0 Å². The van der Waals surface area contributed by atoms with Crippen molar-refractivity contribution in [1.82, 2.24) is 9.88 Å². The van der Waals surface area contributed by atoms with Crippen molar-refractivity contribution in [2.45, 2.75) is 26.2 Å². The minimum atomic E-state index is -0.0602. The smallest absolute Gasteiger partial charge is 0.228 e. The summed E-state index contributed by atoms with van der Waals surface area (Å²) in [6.45, 7) is 3.57. The van der Waals surface area contributed by atoms with Gasteiger partial charge in [0.25, 0.3) is 0 Å². The Hall–Kier alpha value is -1.95. The molecule has 6 nitrogen and oxygen atoms in total. The maximum absolute atomic E-state index is 12.2. The lowest BCUT2D eigenvalue weighted by atomic mass is 9.95. The van der Waals surface area contributed by atoms with Gasteiger partial charge in [0.05, 0.1) is 0 Å². The number of anilines is 1. The highest BCUT2D eigenvalue weighted by Gasteiger charge is 2.27. The van der Waals surface area contributed by atoms with E-state index in [4.69, 9.17) is 5.73 Å². The molecule has 1 saturated heterocycles. The molecule has 1 aliphatic heterocycles. The SMILES string of the molecule is Cc1ccc(NC(=O)C2CCN(C(=O)CCN)CC2)nc1. The second-order valence-corrected chi connectivity index (χ2v) is 5.40. The average molecular weight is 290 g/mol. The van der Waals surface area contributed by atoms with E-state index in [1.165, 1.54) is 0 Å². The lowest BCUT2D eigenvalue weighted by Gasteiger charge is -2.31. The van der Waals surface area contributed by atoms with E-state index >= 15 is 0 Å². The van der Waals surface area contributed by atoms with E-state index in [1.54, 1.807) is 17.2 Å². The van der Waals surface area contributed by atoms with Crippen LogP contribution in [0.5, 0.6) is 0 Å². The Morgan fingerprint density at radius 1 is 1.38 bits per heavy atom. The van der Waals surface area contributed by atoms with E-state index in [2.05, 4.69) is 10.3 Å². The van der Waals surface area contributed by atoms with Crippen molar-refractivity contribution in [3.63, 3.8) is 0 Å². The molecule has 21 heavy (non-hydrogen) atoms. The fraction of sp³-hybridized carbons (Fsp3) is 0.533. The van der Waals surface area contributed by atoms with Crippen LogP contribution in [0.2, 0.25) is 0 Å². The summed E-state index contributed by atoms with van der Waals surface area (Å²) in [5.74, 6) is 0.580. The molecule has 3 N–H and O–H groups in total. The molecule has 2 amide bonds. The Kier molecular flexibility index (Phi) is 5.27. The van der Waals surface area contributed by atoms with Gasteiger partial charge in [0.2, 0.25) is 11.8 Å². The Labute approximate surface area is 124 Å². The molecular formula is C15H22N4O2. The fourth-order valence-corrected chi connectivity index (χ4v) is 2.44. The number of rotatable bonds is 4. The third-order valence-electron chi connectivity index (χ3n) is 3.74. The van der Waals surface area contributed by atoms with Crippen LogP contribution in [0.15, 0.2) is 18.3 Å². The number of carbonyl (C=O) groups excluding carboxylic acids is 2. The highest BCUT2D eigenvalue weighted by atomic mass is 16.2. The van der Waals surface area contributed by atoms with E-state index in [0.717, 1.165) is 5.56 Å². The molecule has 0 aliphatic carbocycles. The van der Waals surface area contributed by atoms with Crippen molar-refractivity contribution >= 4 is 17.6 Å². The Balaban J connectivity index is 1.83. The standard InChI is InChI=1S/C15H22N4O2/c1-11-2-3-13(17-10-11)18-15(21)12-5-8-19(9-6-12)14(20)4-7-16/h2-3,10,12H,4-9,16H2,1H3,(H,17,18,21). The van der Waals surface area contributed by atoms with Gasteiger partial charge in [0, 0.05) is 38.2 Å². The van der Waals surface area contributed by atoms with Gasteiger partial charge in [-0.15, -0.1) is 0 Å². The Morgan fingerprint density at radius 3 is 2.67 bits per heavy atom. The molecule has 114 valence electrons. The molecule has 2 rings (SSSR count). The van der Waals surface area contributed by atoms with Crippen LogP contribution in [0.25, 0.3) is 0 Å². The molecule has 1 fully saturated rings. The topological polar surface area (TPSA) is 88.3 Å². The minimum Gasteiger partial charge on any atom is -0.343 e. The summed E-state index contributed by atoms with van der Waals surface area (Å²) in [5, 5.41) is 2.83. The maximum Gasteiger partial charge on any atom is 0.228 e. The summed E-state index contributed by atoms with van der Waals surface area (Å²) in [7, 11) is 0. The summed E-state index contributed by atoms with van der Waals surface area (Å²) < 4.78 is 0. The van der Waals surface area contributed by atoms with Crippen LogP contribution in [-0.4, -0.2) is 41.3 Å². The number of hydrogen-bond donors (Lipinski definition) is 2. The van der Waals surface area contributed by atoms with E-state index in [9.17, 15) is 9.59 Å². The fourth-order valence-electron chi connectivity index (χ4n) is 2.44. The van der Waals surface area contributed by atoms with Crippen molar-refractivity contribution in [1.29, 1.82) is 0 Å².